The van der Waals surface area contributed by atoms with Gasteiger partial charge in [-0.25, -0.2) is 4.98 Å². The molecular formula is C7H3BrClNS2. The summed E-state index contributed by atoms with van der Waals surface area (Å²) in [5, 5.41) is 3.99. The molecule has 12 heavy (non-hydrogen) atoms. The second kappa shape index (κ2) is 3.46. The van der Waals surface area contributed by atoms with Crippen LogP contribution in [0.2, 0.25) is 4.47 Å². The number of aromatic nitrogens is 1. The highest BCUT2D eigenvalue weighted by Gasteiger charge is 2.04. The van der Waals surface area contributed by atoms with E-state index in [1.807, 2.05) is 16.8 Å². The second-order valence-corrected chi connectivity index (χ2v) is 5.38. The molecule has 0 aromatic carbocycles. The lowest BCUT2D eigenvalue weighted by atomic mass is 10.4. The highest BCUT2D eigenvalue weighted by molar-refractivity contribution is 9.10. The lowest BCUT2D eigenvalue weighted by molar-refractivity contribution is 1.43. The fraction of sp³-hybridized carbons (Fsp3) is 0. The van der Waals surface area contributed by atoms with E-state index >= 15 is 0 Å². The van der Waals surface area contributed by atoms with Gasteiger partial charge in [0.05, 0.1) is 10.6 Å². The van der Waals surface area contributed by atoms with Gasteiger partial charge in [-0.3, -0.25) is 0 Å². The van der Waals surface area contributed by atoms with Crippen LogP contribution in [-0.4, -0.2) is 4.98 Å². The summed E-state index contributed by atoms with van der Waals surface area (Å²) in [7, 11) is 0. The molecule has 0 radical (unpaired) electrons. The molecule has 0 aliphatic heterocycles. The summed E-state index contributed by atoms with van der Waals surface area (Å²) in [6.45, 7) is 0. The molecular weight excluding hydrogens is 278 g/mol. The van der Waals surface area contributed by atoms with Gasteiger partial charge in [0.2, 0.25) is 0 Å². The van der Waals surface area contributed by atoms with Crippen LogP contribution in [0.1, 0.15) is 0 Å². The van der Waals surface area contributed by atoms with Gasteiger partial charge in [0.15, 0.2) is 4.47 Å². The number of hydrogen-bond acceptors (Lipinski definition) is 3. The SMILES string of the molecule is Clc1nc(-c2cc(Br)cs2)cs1. The first-order valence-corrected chi connectivity index (χ1v) is 6.04. The minimum absolute atomic E-state index is 0.592. The largest absolute Gasteiger partial charge is 0.224 e. The highest BCUT2D eigenvalue weighted by Crippen LogP contribution is 2.31. The van der Waals surface area contributed by atoms with E-state index < -0.39 is 0 Å². The lowest BCUT2D eigenvalue weighted by Crippen LogP contribution is -1.68. The summed E-state index contributed by atoms with van der Waals surface area (Å²) in [6, 6.07) is 2.04. The third-order valence-corrected chi connectivity index (χ3v) is 3.99. The molecule has 0 amide bonds. The fourth-order valence-electron chi connectivity index (χ4n) is 0.812. The molecule has 2 heterocycles. The van der Waals surface area contributed by atoms with Gasteiger partial charge in [0.25, 0.3) is 0 Å². The van der Waals surface area contributed by atoms with Crippen molar-refractivity contribution >= 4 is 50.2 Å². The van der Waals surface area contributed by atoms with E-state index in [0.717, 1.165) is 15.0 Å². The Morgan fingerprint density at radius 1 is 1.33 bits per heavy atom. The normalized spacial score (nSPS) is 10.5. The second-order valence-electron chi connectivity index (χ2n) is 2.11. The number of thiazole rings is 1. The van der Waals surface area contributed by atoms with Crippen LogP contribution >= 0.6 is 50.2 Å². The molecule has 0 saturated heterocycles. The third kappa shape index (κ3) is 1.71. The van der Waals surface area contributed by atoms with Crippen molar-refractivity contribution in [2.45, 2.75) is 0 Å². The van der Waals surface area contributed by atoms with Crippen molar-refractivity contribution in [3.63, 3.8) is 0 Å². The molecule has 0 N–H and O–H groups in total. The minimum Gasteiger partial charge on any atom is -0.224 e. The maximum absolute atomic E-state index is 5.72. The van der Waals surface area contributed by atoms with Crippen molar-refractivity contribution in [2.75, 3.05) is 0 Å². The van der Waals surface area contributed by atoms with Gasteiger partial charge < -0.3 is 0 Å². The molecule has 0 aliphatic carbocycles. The summed E-state index contributed by atoms with van der Waals surface area (Å²) in [4.78, 5) is 5.31. The zero-order chi connectivity index (χ0) is 8.55. The summed E-state index contributed by atoms with van der Waals surface area (Å²) < 4.78 is 1.68. The number of hydrogen-bond donors (Lipinski definition) is 0. The van der Waals surface area contributed by atoms with Gasteiger partial charge in [-0.15, -0.1) is 22.7 Å². The first-order valence-electron chi connectivity index (χ1n) is 3.11. The van der Waals surface area contributed by atoms with Crippen LogP contribution in [0.25, 0.3) is 10.6 Å². The van der Waals surface area contributed by atoms with Gasteiger partial charge in [-0.2, -0.15) is 0 Å². The van der Waals surface area contributed by atoms with Crippen LogP contribution in [-0.2, 0) is 0 Å². The molecule has 0 spiro atoms. The molecule has 5 heteroatoms. The van der Waals surface area contributed by atoms with Gasteiger partial charge in [0.1, 0.15) is 0 Å². The molecule has 0 saturated carbocycles. The number of rotatable bonds is 1. The quantitative estimate of drug-likeness (QED) is 0.759. The van der Waals surface area contributed by atoms with Crippen molar-refractivity contribution in [3.8, 4) is 10.6 Å². The zero-order valence-electron chi connectivity index (χ0n) is 5.75. The first-order chi connectivity index (χ1) is 5.75. The Kier molecular flexibility index (Phi) is 2.50. The number of nitrogens with zero attached hydrogens (tertiary/aromatic N) is 1. The Morgan fingerprint density at radius 2 is 2.17 bits per heavy atom. The average Bonchev–Trinajstić information content (AvgIpc) is 2.58. The van der Waals surface area contributed by atoms with E-state index in [1.165, 1.54) is 11.3 Å². The minimum atomic E-state index is 0.592. The molecule has 0 aliphatic rings. The van der Waals surface area contributed by atoms with E-state index in [4.69, 9.17) is 11.6 Å². The smallest absolute Gasteiger partial charge is 0.184 e. The summed E-state index contributed by atoms with van der Waals surface area (Å²) >= 11 is 12.2. The van der Waals surface area contributed by atoms with E-state index in [1.54, 1.807) is 11.3 Å². The van der Waals surface area contributed by atoms with E-state index in [9.17, 15) is 0 Å². The maximum atomic E-state index is 5.72. The molecule has 2 aromatic rings. The topological polar surface area (TPSA) is 12.9 Å². The van der Waals surface area contributed by atoms with E-state index in [2.05, 4.69) is 20.9 Å². The van der Waals surface area contributed by atoms with Crippen molar-refractivity contribution in [2.24, 2.45) is 0 Å². The van der Waals surface area contributed by atoms with Gasteiger partial charge in [-0.1, -0.05) is 11.6 Å². The Labute approximate surface area is 91.2 Å². The lowest BCUT2D eigenvalue weighted by Gasteiger charge is -1.84. The summed E-state index contributed by atoms with van der Waals surface area (Å²) in [5.41, 5.74) is 0.959. The van der Waals surface area contributed by atoms with Crippen molar-refractivity contribution in [1.29, 1.82) is 0 Å². The molecule has 1 nitrogen and oxygen atoms in total. The van der Waals surface area contributed by atoms with Gasteiger partial charge in [0, 0.05) is 15.2 Å². The Morgan fingerprint density at radius 3 is 2.67 bits per heavy atom. The third-order valence-electron chi connectivity index (χ3n) is 1.30. The Balaban J connectivity index is 2.43. The Hall–Kier alpha value is 0.1000. The summed E-state index contributed by atoms with van der Waals surface area (Å²) in [5.74, 6) is 0. The highest BCUT2D eigenvalue weighted by atomic mass is 79.9. The monoisotopic (exact) mass is 279 g/mol. The molecule has 62 valence electrons. The predicted octanol–water partition coefficient (Wildman–Crippen LogP) is 4.29. The zero-order valence-corrected chi connectivity index (χ0v) is 9.73. The molecule has 0 fully saturated rings. The van der Waals surface area contributed by atoms with Crippen molar-refractivity contribution in [1.82, 2.24) is 4.98 Å². The van der Waals surface area contributed by atoms with Crippen LogP contribution in [0.15, 0.2) is 21.3 Å². The standard InChI is InChI=1S/C7H3BrClNS2/c8-4-1-6(11-2-4)5-3-12-7(9)10-5/h1-3H. The van der Waals surface area contributed by atoms with E-state index in [-0.39, 0.29) is 0 Å². The maximum Gasteiger partial charge on any atom is 0.184 e. The van der Waals surface area contributed by atoms with Crippen molar-refractivity contribution in [3.05, 3.63) is 25.8 Å². The van der Waals surface area contributed by atoms with E-state index in [0.29, 0.717) is 4.47 Å². The average molecular weight is 281 g/mol. The predicted molar refractivity (Wildman–Crippen MR) is 58.1 cm³/mol. The first kappa shape index (κ1) is 8.69. The van der Waals surface area contributed by atoms with Gasteiger partial charge in [-0.05, 0) is 22.0 Å². The van der Waals surface area contributed by atoms with Crippen LogP contribution in [0, 0.1) is 0 Å². The van der Waals surface area contributed by atoms with Gasteiger partial charge >= 0.3 is 0 Å². The molecule has 0 atom stereocenters. The molecule has 0 bridgehead atoms. The van der Waals surface area contributed by atoms with Crippen LogP contribution in [0.4, 0.5) is 0 Å². The Bertz CT molecular complexity index is 357. The molecule has 2 rings (SSSR count). The van der Waals surface area contributed by atoms with Crippen molar-refractivity contribution < 1.29 is 0 Å². The number of halogens is 2. The fourth-order valence-corrected chi connectivity index (χ4v) is 3.04. The summed E-state index contributed by atoms with van der Waals surface area (Å²) in [6.07, 6.45) is 0. The molecule has 2 aromatic heterocycles. The van der Waals surface area contributed by atoms with Crippen LogP contribution in [0.5, 0.6) is 0 Å². The number of thiophene rings is 1. The van der Waals surface area contributed by atoms with Crippen LogP contribution < -0.4 is 0 Å². The van der Waals surface area contributed by atoms with Crippen LogP contribution in [0.3, 0.4) is 0 Å². The molecule has 0 unspecified atom stereocenters.